The van der Waals surface area contributed by atoms with E-state index in [0.29, 0.717) is 18.3 Å². The van der Waals surface area contributed by atoms with E-state index in [0.717, 1.165) is 5.56 Å². The summed E-state index contributed by atoms with van der Waals surface area (Å²) in [5.41, 5.74) is 1.51. The van der Waals surface area contributed by atoms with Crippen molar-refractivity contribution in [2.75, 3.05) is 5.32 Å². The van der Waals surface area contributed by atoms with E-state index >= 15 is 0 Å². The van der Waals surface area contributed by atoms with Crippen molar-refractivity contribution >= 4 is 5.69 Å². The average molecular weight is 281 g/mol. The third-order valence-electron chi connectivity index (χ3n) is 2.77. The van der Waals surface area contributed by atoms with Crippen LogP contribution in [0.5, 0.6) is 5.75 Å². The topological polar surface area (TPSA) is 39.1 Å². The SMILES string of the molecule is CC(C)n1cc(CNc2ccccc2OC(F)F)cn1. The number of ether oxygens (including phenoxy) is 1. The predicted molar refractivity (Wildman–Crippen MR) is 73.0 cm³/mol. The first-order valence-corrected chi connectivity index (χ1v) is 6.37. The quantitative estimate of drug-likeness (QED) is 0.878. The van der Waals surface area contributed by atoms with Crippen LogP contribution >= 0.6 is 0 Å². The number of nitrogens with zero attached hydrogens (tertiary/aromatic N) is 2. The Balaban J connectivity index is 2.02. The van der Waals surface area contributed by atoms with E-state index in [-0.39, 0.29) is 5.75 Å². The Morgan fingerprint density at radius 1 is 1.30 bits per heavy atom. The normalized spacial score (nSPS) is 11.1. The van der Waals surface area contributed by atoms with Gasteiger partial charge in [0.1, 0.15) is 5.75 Å². The number of nitrogens with one attached hydrogen (secondary N) is 1. The maximum absolute atomic E-state index is 12.3. The number of para-hydroxylation sites is 2. The molecule has 0 aliphatic heterocycles. The number of aromatic nitrogens is 2. The van der Waals surface area contributed by atoms with Crippen LogP contribution in [0.15, 0.2) is 36.7 Å². The van der Waals surface area contributed by atoms with E-state index in [4.69, 9.17) is 0 Å². The highest BCUT2D eigenvalue weighted by Crippen LogP contribution is 2.25. The number of halogens is 2. The van der Waals surface area contributed by atoms with Gasteiger partial charge in [0.15, 0.2) is 0 Å². The second kappa shape index (κ2) is 6.36. The molecule has 0 radical (unpaired) electrons. The molecule has 1 aromatic heterocycles. The molecule has 20 heavy (non-hydrogen) atoms. The van der Waals surface area contributed by atoms with Crippen LogP contribution in [0.25, 0.3) is 0 Å². The minimum atomic E-state index is -2.83. The lowest BCUT2D eigenvalue weighted by atomic mass is 10.2. The van der Waals surface area contributed by atoms with Gasteiger partial charge < -0.3 is 10.1 Å². The molecule has 108 valence electrons. The number of alkyl halides is 2. The summed E-state index contributed by atoms with van der Waals surface area (Å²) >= 11 is 0. The Kier molecular flexibility index (Phi) is 4.55. The Morgan fingerprint density at radius 3 is 2.70 bits per heavy atom. The van der Waals surface area contributed by atoms with Crippen molar-refractivity contribution in [3.8, 4) is 5.75 Å². The second-order valence-electron chi connectivity index (χ2n) is 4.65. The van der Waals surface area contributed by atoms with Gasteiger partial charge in [-0.3, -0.25) is 4.68 Å². The minimum Gasteiger partial charge on any atom is -0.433 e. The van der Waals surface area contributed by atoms with Crippen LogP contribution in [0.4, 0.5) is 14.5 Å². The lowest BCUT2D eigenvalue weighted by Gasteiger charge is -2.11. The molecule has 0 saturated heterocycles. The Morgan fingerprint density at radius 2 is 2.05 bits per heavy atom. The third-order valence-corrected chi connectivity index (χ3v) is 2.77. The van der Waals surface area contributed by atoms with Gasteiger partial charge in [0, 0.05) is 24.3 Å². The molecule has 1 N–H and O–H groups in total. The number of hydrogen-bond donors (Lipinski definition) is 1. The van der Waals surface area contributed by atoms with E-state index in [9.17, 15) is 8.78 Å². The summed E-state index contributed by atoms with van der Waals surface area (Å²) in [4.78, 5) is 0. The molecule has 0 atom stereocenters. The molecule has 6 heteroatoms. The van der Waals surface area contributed by atoms with E-state index in [1.54, 1.807) is 24.4 Å². The lowest BCUT2D eigenvalue weighted by molar-refractivity contribution is -0.0493. The van der Waals surface area contributed by atoms with Crippen LogP contribution in [0.1, 0.15) is 25.5 Å². The molecule has 2 rings (SSSR count). The highest BCUT2D eigenvalue weighted by atomic mass is 19.3. The summed E-state index contributed by atoms with van der Waals surface area (Å²) in [5, 5.41) is 7.30. The van der Waals surface area contributed by atoms with Crippen LogP contribution in [-0.2, 0) is 6.54 Å². The van der Waals surface area contributed by atoms with E-state index in [1.165, 1.54) is 6.07 Å². The third kappa shape index (κ3) is 3.69. The minimum absolute atomic E-state index is 0.138. The summed E-state index contributed by atoms with van der Waals surface area (Å²) in [6, 6.07) is 6.91. The van der Waals surface area contributed by atoms with Gasteiger partial charge in [0.05, 0.1) is 11.9 Å². The molecular weight excluding hydrogens is 264 g/mol. The van der Waals surface area contributed by atoms with Gasteiger partial charge in [0.2, 0.25) is 0 Å². The van der Waals surface area contributed by atoms with Gasteiger partial charge in [-0.05, 0) is 26.0 Å². The van der Waals surface area contributed by atoms with Gasteiger partial charge in [0.25, 0.3) is 0 Å². The first-order valence-electron chi connectivity index (χ1n) is 6.37. The molecule has 4 nitrogen and oxygen atoms in total. The highest BCUT2D eigenvalue weighted by Gasteiger charge is 2.09. The van der Waals surface area contributed by atoms with Crippen molar-refractivity contribution in [3.63, 3.8) is 0 Å². The molecule has 1 heterocycles. The largest absolute Gasteiger partial charge is 0.433 e. The first kappa shape index (κ1) is 14.3. The summed E-state index contributed by atoms with van der Waals surface area (Å²) in [6.45, 7) is 1.74. The molecule has 0 amide bonds. The summed E-state index contributed by atoms with van der Waals surface area (Å²) < 4.78 is 30.9. The van der Waals surface area contributed by atoms with Gasteiger partial charge in [-0.25, -0.2) is 0 Å². The zero-order valence-corrected chi connectivity index (χ0v) is 11.4. The Bertz CT molecular complexity index is 555. The van der Waals surface area contributed by atoms with E-state index < -0.39 is 6.61 Å². The summed E-state index contributed by atoms with van der Waals surface area (Å²) in [7, 11) is 0. The van der Waals surface area contributed by atoms with Crippen molar-refractivity contribution in [2.24, 2.45) is 0 Å². The van der Waals surface area contributed by atoms with Crippen molar-refractivity contribution in [1.82, 2.24) is 9.78 Å². The fourth-order valence-corrected chi connectivity index (χ4v) is 1.76. The van der Waals surface area contributed by atoms with Crippen molar-refractivity contribution in [2.45, 2.75) is 33.0 Å². The molecule has 0 spiro atoms. The molecule has 0 unspecified atom stereocenters. The zero-order chi connectivity index (χ0) is 14.5. The lowest BCUT2D eigenvalue weighted by Crippen LogP contribution is -2.06. The molecule has 1 aromatic carbocycles. The van der Waals surface area contributed by atoms with Gasteiger partial charge >= 0.3 is 6.61 Å². The van der Waals surface area contributed by atoms with Gasteiger partial charge in [-0.2, -0.15) is 13.9 Å². The summed E-state index contributed by atoms with van der Waals surface area (Å²) in [6.07, 6.45) is 3.68. The molecular formula is C14H17F2N3O. The Labute approximate surface area is 116 Å². The predicted octanol–water partition coefficient (Wildman–Crippen LogP) is 3.68. The van der Waals surface area contributed by atoms with Crippen molar-refractivity contribution in [1.29, 1.82) is 0 Å². The molecule has 0 saturated carbocycles. The van der Waals surface area contributed by atoms with Crippen LogP contribution in [-0.4, -0.2) is 16.4 Å². The zero-order valence-electron chi connectivity index (χ0n) is 11.4. The van der Waals surface area contributed by atoms with E-state index in [2.05, 4.69) is 15.2 Å². The fraction of sp³-hybridized carbons (Fsp3) is 0.357. The standard InChI is InChI=1S/C14H17F2N3O/c1-10(2)19-9-11(8-18-19)7-17-12-5-3-4-6-13(12)20-14(15)16/h3-6,8-10,14,17H,7H2,1-2H3. The molecule has 0 aliphatic carbocycles. The molecule has 2 aromatic rings. The van der Waals surface area contributed by atoms with Gasteiger partial charge in [-0.15, -0.1) is 0 Å². The van der Waals surface area contributed by atoms with Gasteiger partial charge in [-0.1, -0.05) is 12.1 Å². The first-order chi connectivity index (χ1) is 9.56. The average Bonchev–Trinajstić information content (AvgIpc) is 2.86. The second-order valence-corrected chi connectivity index (χ2v) is 4.65. The number of hydrogen-bond acceptors (Lipinski definition) is 3. The smallest absolute Gasteiger partial charge is 0.387 e. The maximum atomic E-state index is 12.3. The van der Waals surface area contributed by atoms with Crippen LogP contribution < -0.4 is 10.1 Å². The van der Waals surface area contributed by atoms with Crippen molar-refractivity contribution < 1.29 is 13.5 Å². The number of benzene rings is 1. The number of anilines is 1. The monoisotopic (exact) mass is 281 g/mol. The van der Waals surface area contributed by atoms with E-state index in [1.807, 2.05) is 24.7 Å². The molecule has 0 aliphatic rings. The molecule has 0 bridgehead atoms. The number of rotatable bonds is 6. The Hall–Kier alpha value is -2.11. The highest BCUT2D eigenvalue weighted by molar-refractivity contribution is 5.56. The maximum Gasteiger partial charge on any atom is 0.387 e. The van der Waals surface area contributed by atoms with Crippen molar-refractivity contribution in [3.05, 3.63) is 42.2 Å². The molecule has 0 fully saturated rings. The van der Waals surface area contributed by atoms with Crippen LogP contribution in [0.2, 0.25) is 0 Å². The van der Waals surface area contributed by atoms with Crippen LogP contribution in [0, 0.1) is 0 Å². The fourth-order valence-electron chi connectivity index (χ4n) is 1.76. The summed E-state index contributed by atoms with van der Waals surface area (Å²) in [5.74, 6) is 0.138. The van der Waals surface area contributed by atoms with Crippen LogP contribution in [0.3, 0.4) is 0 Å².